The molecule has 1 aliphatic rings. The van der Waals surface area contributed by atoms with Crippen LogP contribution >= 0.6 is 0 Å². The Morgan fingerprint density at radius 1 is 1.12 bits per heavy atom. The van der Waals surface area contributed by atoms with Gasteiger partial charge in [0.05, 0.1) is 0 Å². The van der Waals surface area contributed by atoms with E-state index in [2.05, 4.69) is 8.55 Å². The van der Waals surface area contributed by atoms with Gasteiger partial charge in [0.15, 0.2) is 11.4 Å². The van der Waals surface area contributed by atoms with Gasteiger partial charge in [0.2, 0.25) is 0 Å². The highest BCUT2D eigenvalue weighted by molar-refractivity contribution is 7.69. The molecule has 7 heteroatoms. The van der Waals surface area contributed by atoms with Gasteiger partial charge in [0.1, 0.15) is 11.6 Å². The summed E-state index contributed by atoms with van der Waals surface area (Å²) in [6.45, 7) is 3.21. The Hall–Kier alpha value is -2.25. The standard InChI is InChI=1S/C18H16F2NO3S/c1-18(2)17(20)16(11-4-6-12(19)7-5-11)14-9-8-13(10-15(14)24-18)21-25(22)23-3/h4-10H,1-3H3/q-1. The average Bonchev–Trinajstić information content (AvgIpc) is 2.57. The van der Waals surface area contributed by atoms with Gasteiger partial charge in [-0.25, -0.2) is 8.78 Å². The quantitative estimate of drug-likeness (QED) is 0.715. The number of ether oxygens (including phenoxy) is 1. The minimum atomic E-state index is -1.81. The van der Waals surface area contributed by atoms with E-state index in [1.165, 1.54) is 31.4 Å². The summed E-state index contributed by atoms with van der Waals surface area (Å²) in [5.74, 6) is -0.440. The van der Waals surface area contributed by atoms with Crippen molar-refractivity contribution in [3.63, 3.8) is 0 Å². The number of hydrogen-bond donors (Lipinski definition) is 0. The van der Waals surface area contributed by atoms with Crippen LogP contribution < -0.4 is 4.74 Å². The minimum Gasteiger partial charge on any atom is -0.480 e. The summed E-state index contributed by atoms with van der Waals surface area (Å²) < 4.78 is 53.9. The predicted molar refractivity (Wildman–Crippen MR) is 91.8 cm³/mol. The second-order valence-electron chi connectivity index (χ2n) is 5.96. The fourth-order valence-corrected chi connectivity index (χ4v) is 2.98. The molecule has 2 aromatic carbocycles. The van der Waals surface area contributed by atoms with Gasteiger partial charge in [-0.2, -0.15) is 0 Å². The lowest BCUT2D eigenvalue weighted by Crippen LogP contribution is -2.33. The van der Waals surface area contributed by atoms with E-state index in [1.807, 2.05) is 0 Å². The molecule has 4 nitrogen and oxygen atoms in total. The topological polar surface area (TPSA) is 47.9 Å². The molecule has 0 fully saturated rings. The highest BCUT2D eigenvalue weighted by atomic mass is 32.2. The molecule has 1 heterocycles. The van der Waals surface area contributed by atoms with E-state index in [0.717, 1.165) is 0 Å². The largest absolute Gasteiger partial charge is 0.480 e. The normalized spacial score (nSPS) is 17.2. The fraction of sp³-hybridized carbons (Fsp3) is 0.222. The first-order valence-electron chi connectivity index (χ1n) is 7.49. The maximum Gasteiger partial charge on any atom is 0.155 e. The Balaban J connectivity index is 2.18. The second kappa shape index (κ2) is 6.57. The van der Waals surface area contributed by atoms with Crippen molar-refractivity contribution in [2.24, 2.45) is 4.36 Å². The van der Waals surface area contributed by atoms with Crippen LogP contribution in [0.15, 0.2) is 52.7 Å². The van der Waals surface area contributed by atoms with Crippen molar-refractivity contribution in [2.45, 2.75) is 19.4 Å². The van der Waals surface area contributed by atoms with E-state index in [-0.39, 0.29) is 0 Å². The van der Waals surface area contributed by atoms with Gasteiger partial charge in [0.25, 0.3) is 0 Å². The molecule has 2 aromatic rings. The molecule has 0 radical (unpaired) electrons. The van der Waals surface area contributed by atoms with Crippen molar-refractivity contribution in [1.82, 2.24) is 0 Å². The van der Waals surface area contributed by atoms with E-state index in [1.54, 1.807) is 32.0 Å². The molecule has 1 aliphatic heterocycles. The van der Waals surface area contributed by atoms with Gasteiger partial charge in [-0.05, 0) is 43.7 Å². The lowest BCUT2D eigenvalue weighted by molar-refractivity contribution is 0.117. The van der Waals surface area contributed by atoms with Crippen LogP contribution in [0.1, 0.15) is 25.0 Å². The highest BCUT2D eigenvalue weighted by Crippen LogP contribution is 2.45. The summed E-state index contributed by atoms with van der Waals surface area (Å²) in [5.41, 5.74) is 0.587. The van der Waals surface area contributed by atoms with E-state index < -0.39 is 28.1 Å². The summed E-state index contributed by atoms with van der Waals surface area (Å²) in [6, 6.07) is 10.4. The van der Waals surface area contributed by atoms with Gasteiger partial charge >= 0.3 is 0 Å². The van der Waals surface area contributed by atoms with Gasteiger partial charge in [0, 0.05) is 30.0 Å². The smallest absolute Gasteiger partial charge is 0.155 e. The van der Waals surface area contributed by atoms with Crippen molar-refractivity contribution in [2.75, 3.05) is 7.11 Å². The molecule has 0 saturated carbocycles. The van der Waals surface area contributed by atoms with Crippen molar-refractivity contribution in [1.29, 1.82) is 0 Å². The first-order chi connectivity index (χ1) is 11.8. The van der Waals surface area contributed by atoms with Crippen molar-refractivity contribution in [3.05, 3.63) is 65.2 Å². The number of halogens is 2. The van der Waals surface area contributed by atoms with Crippen LogP contribution in [0.2, 0.25) is 0 Å². The maximum absolute atomic E-state index is 15.0. The SMILES string of the molecule is CO[S-](=O)=Nc1ccc2c(c1)OC(C)(C)C(F)=C2c1ccc(F)cc1. The summed E-state index contributed by atoms with van der Waals surface area (Å²) >= 11 is 0. The van der Waals surface area contributed by atoms with Crippen molar-refractivity contribution in [3.8, 4) is 5.75 Å². The van der Waals surface area contributed by atoms with Crippen LogP contribution in [0.3, 0.4) is 0 Å². The summed E-state index contributed by atoms with van der Waals surface area (Å²) in [5, 5.41) is 0. The Kier molecular flexibility index (Phi) is 4.62. The maximum atomic E-state index is 15.0. The minimum absolute atomic E-state index is 0.339. The average molecular weight is 364 g/mol. The molecule has 0 spiro atoms. The third kappa shape index (κ3) is 3.43. The molecule has 0 N–H and O–H groups in total. The lowest BCUT2D eigenvalue weighted by Gasteiger charge is -2.33. The number of hydrogen-bond acceptors (Lipinski definition) is 5. The van der Waals surface area contributed by atoms with Crippen LogP contribution in [0.4, 0.5) is 14.5 Å². The molecule has 0 amide bonds. The first kappa shape index (κ1) is 17.6. The Labute approximate surface area is 146 Å². The van der Waals surface area contributed by atoms with Gasteiger partial charge < -0.3 is 17.5 Å². The zero-order valence-corrected chi connectivity index (χ0v) is 14.7. The van der Waals surface area contributed by atoms with E-state index in [4.69, 9.17) is 4.74 Å². The van der Waals surface area contributed by atoms with Crippen LogP contribution in [0.25, 0.3) is 5.57 Å². The molecule has 0 bridgehead atoms. The van der Waals surface area contributed by atoms with E-state index in [0.29, 0.717) is 28.1 Å². The molecule has 0 atom stereocenters. The van der Waals surface area contributed by atoms with Crippen LogP contribution in [-0.4, -0.2) is 12.7 Å². The Morgan fingerprint density at radius 3 is 2.44 bits per heavy atom. The van der Waals surface area contributed by atoms with Crippen molar-refractivity contribution >= 4 is 22.1 Å². The molecule has 0 aromatic heterocycles. The lowest BCUT2D eigenvalue weighted by atomic mass is 9.88. The summed E-state index contributed by atoms with van der Waals surface area (Å²) in [7, 11) is -0.531. The first-order valence-corrected chi connectivity index (χ1v) is 8.53. The zero-order chi connectivity index (χ0) is 18.2. The van der Waals surface area contributed by atoms with Crippen molar-refractivity contribution < 1.29 is 21.9 Å². The van der Waals surface area contributed by atoms with Gasteiger partial charge in [-0.3, -0.25) is 0 Å². The number of nitrogens with zero attached hydrogens (tertiary/aromatic N) is 1. The monoisotopic (exact) mass is 364 g/mol. The molecule has 0 unspecified atom stereocenters. The van der Waals surface area contributed by atoms with E-state index >= 15 is 4.39 Å². The molecule has 25 heavy (non-hydrogen) atoms. The van der Waals surface area contributed by atoms with Crippen LogP contribution in [0.5, 0.6) is 5.75 Å². The zero-order valence-electron chi connectivity index (χ0n) is 13.9. The van der Waals surface area contributed by atoms with Crippen LogP contribution in [-0.2, 0) is 19.3 Å². The third-order valence-electron chi connectivity index (χ3n) is 3.80. The van der Waals surface area contributed by atoms with Crippen LogP contribution in [0, 0.1) is 5.82 Å². The third-order valence-corrected chi connectivity index (χ3v) is 4.45. The number of fused-ring (bicyclic) bond motifs is 1. The predicted octanol–water partition coefficient (Wildman–Crippen LogP) is 5.07. The number of rotatable bonds is 3. The molecule has 3 rings (SSSR count). The molecular weight excluding hydrogens is 348 g/mol. The highest BCUT2D eigenvalue weighted by Gasteiger charge is 2.36. The van der Waals surface area contributed by atoms with Gasteiger partial charge in [-0.15, -0.1) is 0 Å². The molecule has 0 aliphatic carbocycles. The van der Waals surface area contributed by atoms with E-state index in [9.17, 15) is 8.60 Å². The molecule has 132 valence electrons. The van der Waals surface area contributed by atoms with Gasteiger partial charge in [-0.1, -0.05) is 23.0 Å². The number of benzene rings is 2. The second-order valence-corrected chi connectivity index (χ2v) is 6.91. The Morgan fingerprint density at radius 2 is 1.80 bits per heavy atom. The Bertz CT molecular complexity index is 930. The fourth-order valence-electron chi connectivity index (χ4n) is 2.62. The molecular formula is C18H16F2NO3S-. The molecule has 0 saturated heterocycles. The summed E-state index contributed by atoms with van der Waals surface area (Å²) in [6.07, 6.45) is 0. The summed E-state index contributed by atoms with van der Waals surface area (Å²) in [4.78, 5) is 0.